The first-order valence-electron chi connectivity index (χ1n) is 9.12. The summed E-state index contributed by atoms with van der Waals surface area (Å²) in [6.45, 7) is 1.46. The minimum atomic E-state index is 0.314. The molecule has 2 fully saturated rings. The maximum absolute atomic E-state index is 6.20. The van der Waals surface area contributed by atoms with Gasteiger partial charge in [0.15, 0.2) is 5.96 Å². The highest BCUT2D eigenvalue weighted by atomic mass is 16.5. The van der Waals surface area contributed by atoms with E-state index in [1.54, 1.807) is 7.11 Å². The minimum Gasteiger partial charge on any atom is -0.497 e. The van der Waals surface area contributed by atoms with Gasteiger partial charge in [-0.1, -0.05) is 6.42 Å². The predicted molar refractivity (Wildman–Crippen MR) is 96.5 cm³/mol. The van der Waals surface area contributed by atoms with Gasteiger partial charge in [-0.05, 0) is 56.6 Å². The first-order valence-corrected chi connectivity index (χ1v) is 9.12. The van der Waals surface area contributed by atoms with Crippen LogP contribution < -0.4 is 20.5 Å². The van der Waals surface area contributed by atoms with E-state index >= 15 is 0 Å². The fourth-order valence-electron chi connectivity index (χ4n) is 3.26. The van der Waals surface area contributed by atoms with Gasteiger partial charge in [0.2, 0.25) is 0 Å². The third-order valence-corrected chi connectivity index (χ3v) is 5.09. The molecule has 0 radical (unpaired) electrons. The van der Waals surface area contributed by atoms with Crippen molar-refractivity contribution in [1.82, 2.24) is 5.32 Å². The third kappa shape index (κ3) is 4.56. The summed E-state index contributed by atoms with van der Waals surface area (Å²) >= 11 is 0. The highest BCUT2D eigenvalue weighted by Gasteiger charge is 2.19. The summed E-state index contributed by atoms with van der Waals surface area (Å²) in [6.07, 6.45) is 9.03. The van der Waals surface area contributed by atoms with Gasteiger partial charge in [-0.25, -0.2) is 4.99 Å². The van der Waals surface area contributed by atoms with Crippen molar-refractivity contribution in [2.24, 2.45) is 16.6 Å². The molecule has 1 aromatic carbocycles. The van der Waals surface area contributed by atoms with Gasteiger partial charge in [0.25, 0.3) is 0 Å². The number of hydrogen-bond donors (Lipinski definition) is 2. The van der Waals surface area contributed by atoms with Gasteiger partial charge in [0.05, 0.1) is 19.8 Å². The second-order valence-corrected chi connectivity index (χ2v) is 6.88. The summed E-state index contributed by atoms with van der Waals surface area (Å²) in [4.78, 5) is 4.48. The molecule has 132 valence electrons. The van der Waals surface area contributed by atoms with Crippen LogP contribution in [0, 0.1) is 5.92 Å². The van der Waals surface area contributed by atoms with Gasteiger partial charge in [-0.2, -0.15) is 0 Å². The van der Waals surface area contributed by atoms with E-state index < -0.39 is 0 Å². The standard InChI is InChI=1S/C19H29N3O2/c1-23-17-10-9-15(18(11-17)24-16-7-2-3-8-16)13-22-19(20)21-12-14-5-4-6-14/h9-11,14,16H,2-8,12-13H2,1H3,(H3,20,21,22). The van der Waals surface area contributed by atoms with Crippen molar-refractivity contribution in [3.8, 4) is 11.5 Å². The van der Waals surface area contributed by atoms with Crippen LogP contribution in [0.25, 0.3) is 0 Å². The second kappa shape index (κ2) is 8.27. The molecule has 3 N–H and O–H groups in total. The van der Waals surface area contributed by atoms with Crippen LogP contribution in [-0.4, -0.2) is 25.7 Å². The summed E-state index contributed by atoms with van der Waals surface area (Å²) in [5.41, 5.74) is 7.04. The van der Waals surface area contributed by atoms with E-state index in [0.29, 0.717) is 18.6 Å². The van der Waals surface area contributed by atoms with Gasteiger partial charge in [-0.15, -0.1) is 0 Å². The predicted octanol–water partition coefficient (Wildman–Crippen LogP) is 3.22. The molecule has 5 heteroatoms. The summed E-state index contributed by atoms with van der Waals surface area (Å²) in [7, 11) is 1.68. The molecule has 2 aliphatic carbocycles. The Morgan fingerprint density at radius 3 is 2.67 bits per heavy atom. The van der Waals surface area contributed by atoms with Crippen molar-refractivity contribution < 1.29 is 9.47 Å². The van der Waals surface area contributed by atoms with Crippen LogP contribution in [-0.2, 0) is 6.54 Å². The van der Waals surface area contributed by atoms with Crippen LogP contribution in [0.2, 0.25) is 0 Å². The summed E-state index contributed by atoms with van der Waals surface area (Å²) in [6, 6.07) is 5.93. The number of guanidine groups is 1. The number of ether oxygens (including phenoxy) is 2. The summed E-state index contributed by atoms with van der Waals surface area (Å²) < 4.78 is 11.5. The Labute approximate surface area is 144 Å². The smallest absolute Gasteiger partial charge is 0.188 e. The van der Waals surface area contributed by atoms with Crippen LogP contribution in [0.1, 0.15) is 50.5 Å². The fourth-order valence-corrected chi connectivity index (χ4v) is 3.26. The van der Waals surface area contributed by atoms with Gasteiger partial charge in [-0.3, -0.25) is 0 Å². The topological polar surface area (TPSA) is 68.9 Å². The highest BCUT2D eigenvalue weighted by Crippen LogP contribution is 2.30. The molecule has 3 rings (SSSR count). The van der Waals surface area contributed by atoms with Crippen LogP contribution >= 0.6 is 0 Å². The molecule has 2 aliphatic rings. The van der Waals surface area contributed by atoms with Gasteiger partial charge < -0.3 is 20.5 Å². The lowest BCUT2D eigenvalue weighted by atomic mass is 9.85. The quantitative estimate of drug-likeness (QED) is 0.594. The Kier molecular flexibility index (Phi) is 5.83. The van der Waals surface area contributed by atoms with Crippen molar-refractivity contribution in [2.75, 3.05) is 13.7 Å². The Balaban J connectivity index is 1.61. The molecule has 0 heterocycles. The van der Waals surface area contributed by atoms with Crippen molar-refractivity contribution in [3.63, 3.8) is 0 Å². The minimum absolute atomic E-state index is 0.314. The average molecular weight is 331 g/mol. The molecule has 0 unspecified atom stereocenters. The van der Waals surface area contributed by atoms with Crippen LogP contribution in [0.3, 0.4) is 0 Å². The summed E-state index contributed by atoms with van der Waals surface area (Å²) in [5, 5.41) is 3.23. The number of rotatable bonds is 7. The molecule has 0 atom stereocenters. The first-order chi connectivity index (χ1) is 11.7. The third-order valence-electron chi connectivity index (χ3n) is 5.09. The molecule has 1 aromatic rings. The van der Waals surface area contributed by atoms with Crippen LogP contribution in [0.15, 0.2) is 23.2 Å². The molecule has 0 bridgehead atoms. The first kappa shape index (κ1) is 16.9. The molecule has 0 aromatic heterocycles. The zero-order valence-electron chi connectivity index (χ0n) is 14.6. The molecule has 5 nitrogen and oxygen atoms in total. The van der Waals surface area contributed by atoms with E-state index in [1.165, 1.54) is 32.1 Å². The van der Waals surface area contributed by atoms with E-state index in [2.05, 4.69) is 10.3 Å². The maximum Gasteiger partial charge on any atom is 0.188 e. The van der Waals surface area contributed by atoms with Crippen LogP contribution in [0.5, 0.6) is 11.5 Å². The van der Waals surface area contributed by atoms with Crippen molar-refractivity contribution >= 4 is 5.96 Å². The number of benzene rings is 1. The van der Waals surface area contributed by atoms with E-state index in [-0.39, 0.29) is 0 Å². The largest absolute Gasteiger partial charge is 0.497 e. The van der Waals surface area contributed by atoms with Gasteiger partial charge in [0.1, 0.15) is 11.5 Å². The maximum atomic E-state index is 6.20. The number of nitrogens with zero attached hydrogens (tertiary/aromatic N) is 1. The molecular weight excluding hydrogens is 302 g/mol. The molecule has 24 heavy (non-hydrogen) atoms. The van der Waals surface area contributed by atoms with Crippen molar-refractivity contribution in [2.45, 2.75) is 57.6 Å². The lowest BCUT2D eigenvalue weighted by molar-refractivity contribution is 0.207. The van der Waals surface area contributed by atoms with E-state index in [9.17, 15) is 0 Å². The zero-order valence-corrected chi connectivity index (χ0v) is 14.6. The van der Waals surface area contributed by atoms with Crippen molar-refractivity contribution in [1.29, 1.82) is 0 Å². The molecule has 0 aliphatic heterocycles. The number of nitrogens with two attached hydrogens (primary N) is 1. The molecule has 2 saturated carbocycles. The second-order valence-electron chi connectivity index (χ2n) is 6.88. The number of hydrogen-bond acceptors (Lipinski definition) is 3. The van der Waals surface area contributed by atoms with Gasteiger partial charge >= 0.3 is 0 Å². The van der Waals surface area contributed by atoms with Crippen molar-refractivity contribution in [3.05, 3.63) is 23.8 Å². The SMILES string of the molecule is COc1ccc(CN=C(N)NCC2CCC2)c(OC2CCCC2)c1. The summed E-state index contributed by atoms with van der Waals surface area (Å²) in [5.74, 6) is 2.97. The van der Waals surface area contributed by atoms with E-state index in [1.807, 2.05) is 18.2 Å². The molecule has 0 spiro atoms. The Morgan fingerprint density at radius 1 is 1.21 bits per heavy atom. The normalized spacial score (nSPS) is 19.1. The lowest BCUT2D eigenvalue weighted by Gasteiger charge is -2.25. The molecule has 0 amide bonds. The number of methoxy groups -OCH3 is 1. The van der Waals surface area contributed by atoms with E-state index in [0.717, 1.165) is 42.4 Å². The Bertz CT molecular complexity index is 564. The zero-order chi connectivity index (χ0) is 16.8. The number of nitrogens with one attached hydrogen (secondary N) is 1. The number of aliphatic imine (C=N–C) groups is 1. The lowest BCUT2D eigenvalue weighted by Crippen LogP contribution is -2.37. The Hall–Kier alpha value is -1.91. The average Bonchev–Trinajstić information content (AvgIpc) is 3.05. The Morgan fingerprint density at radius 2 is 2.00 bits per heavy atom. The molecular formula is C19H29N3O2. The monoisotopic (exact) mass is 331 g/mol. The van der Waals surface area contributed by atoms with E-state index in [4.69, 9.17) is 15.2 Å². The van der Waals surface area contributed by atoms with Gasteiger partial charge in [0, 0.05) is 18.2 Å². The fraction of sp³-hybridized carbons (Fsp3) is 0.632. The van der Waals surface area contributed by atoms with Crippen LogP contribution in [0.4, 0.5) is 0 Å². The highest BCUT2D eigenvalue weighted by molar-refractivity contribution is 5.77. The molecule has 0 saturated heterocycles.